The molecule has 0 aliphatic heterocycles. The lowest BCUT2D eigenvalue weighted by Gasteiger charge is -2.13. The largest absolute Gasteiger partial charge is 0.280 e. The predicted molar refractivity (Wildman–Crippen MR) is 97.8 cm³/mol. The van der Waals surface area contributed by atoms with Gasteiger partial charge in [0.25, 0.3) is 0 Å². The summed E-state index contributed by atoms with van der Waals surface area (Å²) < 4.78 is 1.92. The molecule has 1 N–H and O–H groups in total. The third-order valence-corrected chi connectivity index (χ3v) is 3.83. The molecule has 0 saturated carbocycles. The molecule has 0 saturated heterocycles. The second-order valence-corrected chi connectivity index (χ2v) is 5.84. The van der Waals surface area contributed by atoms with Crippen LogP contribution in [0.1, 0.15) is 18.3 Å². The number of benzene rings is 1. The first-order chi connectivity index (χ1) is 11.6. The Morgan fingerprint density at radius 2 is 2.00 bits per heavy atom. The first kappa shape index (κ1) is 16.2. The lowest BCUT2D eigenvalue weighted by Crippen LogP contribution is -2.22. The van der Waals surface area contributed by atoms with Crippen LogP contribution in [0.15, 0.2) is 60.0 Å². The van der Waals surface area contributed by atoms with E-state index in [9.17, 15) is 0 Å². The van der Waals surface area contributed by atoms with Crippen LogP contribution in [0.5, 0.6) is 0 Å². The van der Waals surface area contributed by atoms with Gasteiger partial charge in [-0.2, -0.15) is 0 Å². The minimum Gasteiger partial charge on any atom is -0.280 e. The van der Waals surface area contributed by atoms with E-state index < -0.39 is 0 Å². The molecule has 2 aromatic heterocycles. The van der Waals surface area contributed by atoms with Crippen molar-refractivity contribution in [1.82, 2.24) is 14.6 Å². The number of nitrogens with zero attached hydrogens (tertiary/aromatic N) is 4. The Bertz CT molecular complexity index is 838. The molecule has 0 aliphatic rings. The Balaban J connectivity index is 1.80. The van der Waals surface area contributed by atoms with E-state index >= 15 is 0 Å². The molecular formula is C18H18ClN5. The summed E-state index contributed by atoms with van der Waals surface area (Å²) >= 11 is 5.97. The fourth-order valence-electron chi connectivity index (χ4n) is 2.31. The Kier molecular flexibility index (Phi) is 4.91. The monoisotopic (exact) mass is 339 g/mol. The number of halogens is 1. The number of aliphatic imine (C=N–C) groups is 1. The normalized spacial score (nSPS) is 11.5. The molecule has 0 amide bonds. The Hall–Kier alpha value is -2.66. The highest BCUT2D eigenvalue weighted by Crippen LogP contribution is 2.21. The van der Waals surface area contributed by atoms with Crippen molar-refractivity contribution in [3.8, 4) is 11.3 Å². The van der Waals surface area contributed by atoms with Crippen molar-refractivity contribution in [3.05, 3.63) is 71.4 Å². The molecule has 0 atom stereocenters. The van der Waals surface area contributed by atoms with Crippen LogP contribution in [-0.4, -0.2) is 20.5 Å². The smallest absolute Gasteiger partial charge is 0.125 e. The van der Waals surface area contributed by atoms with Gasteiger partial charge in [-0.15, -0.1) is 0 Å². The van der Waals surface area contributed by atoms with E-state index in [2.05, 4.69) is 20.4 Å². The van der Waals surface area contributed by atoms with Crippen LogP contribution in [0.2, 0.25) is 5.02 Å². The highest BCUT2D eigenvalue weighted by molar-refractivity contribution is 6.30. The fourth-order valence-corrected chi connectivity index (χ4v) is 2.43. The average molecular weight is 340 g/mol. The lowest BCUT2D eigenvalue weighted by atomic mass is 10.2. The van der Waals surface area contributed by atoms with Crippen molar-refractivity contribution in [2.75, 3.05) is 5.43 Å². The molecule has 0 fully saturated rings. The number of aryl methyl sites for hydroxylation is 1. The molecule has 122 valence electrons. The summed E-state index contributed by atoms with van der Waals surface area (Å²) in [6.07, 6.45) is 5.41. The van der Waals surface area contributed by atoms with Gasteiger partial charge in [0.1, 0.15) is 11.7 Å². The molecule has 24 heavy (non-hydrogen) atoms. The van der Waals surface area contributed by atoms with E-state index in [4.69, 9.17) is 11.6 Å². The number of aromatic nitrogens is 3. The number of nitrogens with one attached hydrogen (secondary N) is 1. The summed E-state index contributed by atoms with van der Waals surface area (Å²) in [7, 11) is 0. The molecular weight excluding hydrogens is 322 g/mol. The molecule has 0 aliphatic carbocycles. The van der Waals surface area contributed by atoms with Crippen molar-refractivity contribution >= 4 is 17.4 Å². The zero-order valence-electron chi connectivity index (χ0n) is 13.6. The van der Waals surface area contributed by atoms with E-state index in [-0.39, 0.29) is 0 Å². The molecule has 2 heterocycles. The average Bonchev–Trinajstić information content (AvgIpc) is 2.95. The number of imidazole rings is 1. The second kappa shape index (κ2) is 7.27. The number of hydrogen-bond acceptors (Lipinski definition) is 3. The van der Waals surface area contributed by atoms with Gasteiger partial charge < -0.3 is 0 Å². The zero-order valence-corrected chi connectivity index (χ0v) is 14.3. The van der Waals surface area contributed by atoms with Crippen LogP contribution in [0.25, 0.3) is 11.3 Å². The van der Waals surface area contributed by atoms with Crippen molar-refractivity contribution in [1.29, 1.82) is 0 Å². The van der Waals surface area contributed by atoms with Crippen molar-refractivity contribution < 1.29 is 0 Å². The summed E-state index contributed by atoms with van der Waals surface area (Å²) in [5, 5.41) is 0.712. The van der Waals surface area contributed by atoms with Gasteiger partial charge in [-0.3, -0.25) is 15.4 Å². The molecule has 5 nitrogen and oxygen atoms in total. The zero-order chi connectivity index (χ0) is 16.9. The Morgan fingerprint density at radius 1 is 1.21 bits per heavy atom. The van der Waals surface area contributed by atoms with Crippen LogP contribution in [0.3, 0.4) is 0 Å². The number of amidine groups is 1. The van der Waals surface area contributed by atoms with Crippen LogP contribution in [0.4, 0.5) is 0 Å². The lowest BCUT2D eigenvalue weighted by molar-refractivity contribution is 0.903. The summed E-state index contributed by atoms with van der Waals surface area (Å²) in [5.41, 5.74) is 6.35. The molecule has 0 unspecified atom stereocenters. The van der Waals surface area contributed by atoms with Gasteiger partial charge in [0.15, 0.2) is 0 Å². The van der Waals surface area contributed by atoms with E-state index in [0.29, 0.717) is 11.6 Å². The number of hydrogen-bond donors (Lipinski definition) is 1. The predicted octanol–water partition coefficient (Wildman–Crippen LogP) is 4.07. The molecule has 6 heteroatoms. The van der Waals surface area contributed by atoms with Crippen LogP contribution < -0.4 is 5.43 Å². The van der Waals surface area contributed by atoms with Crippen LogP contribution in [0, 0.1) is 6.92 Å². The summed E-state index contributed by atoms with van der Waals surface area (Å²) in [6, 6.07) is 11.6. The first-order valence-corrected chi connectivity index (χ1v) is 7.98. The van der Waals surface area contributed by atoms with E-state index in [1.807, 2.05) is 67.3 Å². The quantitative estimate of drug-likeness (QED) is 0.576. The fraction of sp³-hybridized carbons (Fsp3) is 0.167. The van der Waals surface area contributed by atoms with Gasteiger partial charge >= 0.3 is 0 Å². The Labute approximate surface area is 146 Å². The SMILES string of the molecule is CC(=NCc1cccnc1)Nn1c(-c2ccc(Cl)cc2)cnc1C. The molecule has 3 aromatic rings. The third-order valence-electron chi connectivity index (χ3n) is 3.57. The van der Waals surface area contributed by atoms with Gasteiger partial charge in [-0.1, -0.05) is 29.8 Å². The highest BCUT2D eigenvalue weighted by Gasteiger charge is 2.09. The van der Waals surface area contributed by atoms with Crippen molar-refractivity contribution in [2.24, 2.45) is 4.99 Å². The maximum Gasteiger partial charge on any atom is 0.125 e. The Morgan fingerprint density at radius 3 is 2.71 bits per heavy atom. The van der Waals surface area contributed by atoms with Crippen molar-refractivity contribution in [3.63, 3.8) is 0 Å². The second-order valence-electron chi connectivity index (χ2n) is 5.41. The minimum atomic E-state index is 0.580. The summed E-state index contributed by atoms with van der Waals surface area (Å²) in [4.78, 5) is 13.0. The standard InChI is InChI=1S/C18H18ClN5/c1-13(21-11-15-4-3-9-20-10-15)23-24-14(2)22-12-18(24)16-5-7-17(19)8-6-16/h3-10,12H,11H2,1-2H3,(H,21,23). The molecule has 0 bridgehead atoms. The van der Waals surface area contributed by atoms with Crippen molar-refractivity contribution in [2.45, 2.75) is 20.4 Å². The van der Waals surface area contributed by atoms with Gasteiger partial charge in [-0.25, -0.2) is 9.66 Å². The molecule has 3 rings (SSSR count). The van der Waals surface area contributed by atoms with Gasteiger partial charge in [-0.05, 0) is 37.6 Å². The van der Waals surface area contributed by atoms with Crippen LogP contribution >= 0.6 is 11.6 Å². The summed E-state index contributed by atoms with van der Waals surface area (Å²) in [5.74, 6) is 1.66. The highest BCUT2D eigenvalue weighted by atomic mass is 35.5. The molecule has 0 radical (unpaired) electrons. The van der Waals surface area contributed by atoms with Crippen LogP contribution in [-0.2, 0) is 6.54 Å². The van der Waals surface area contributed by atoms with E-state index in [0.717, 1.165) is 28.5 Å². The molecule has 1 aromatic carbocycles. The first-order valence-electron chi connectivity index (χ1n) is 7.61. The van der Waals surface area contributed by atoms with E-state index in [1.54, 1.807) is 6.20 Å². The number of rotatable bonds is 4. The number of pyridine rings is 1. The topological polar surface area (TPSA) is 55.1 Å². The summed E-state index contributed by atoms with van der Waals surface area (Å²) in [6.45, 7) is 4.46. The van der Waals surface area contributed by atoms with Gasteiger partial charge in [0, 0.05) is 23.0 Å². The van der Waals surface area contributed by atoms with Gasteiger partial charge in [0.2, 0.25) is 0 Å². The van der Waals surface area contributed by atoms with Gasteiger partial charge in [0.05, 0.1) is 18.4 Å². The minimum absolute atomic E-state index is 0.580. The third kappa shape index (κ3) is 3.81. The van der Waals surface area contributed by atoms with E-state index in [1.165, 1.54) is 0 Å². The molecule has 0 spiro atoms. The maximum atomic E-state index is 5.97. The maximum absolute atomic E-state index is 5.97.